The highest BCUT2D eigenvalue weighted by Crippen LogP contribution is 2.43. The monoisotopic (exact) mass is 278 g/mol. The molecule has 4 heteroatoms. The summed E-state index contributed by atoms with van der Waals surface area (Å²) in [7, 11) is 0. The molecule has 0 spiro atoms. The van der Waals surface area contributed by atoms with Gasteiger partial charge in [0, 0.05) is 6.42 Å². The van der Waals surface area contributed by atoms with Crippen molar-refractivity contribution >= 4 is 6.47 Å². The Bertz CT molecular complexity index is 414. The standard InChI is InChI=1S/C16H22O4/c1-3-16(4-2)19-14(10-11-18-12-17)15(20-16)13-8-6-5-7-9-13/h5-9,12,14-15H,3-4,10-11H2,1-2H3/t14-,15-/m1/s1. The highest BCUT2D eigenvalue weighted by Gasteiger charge is 2.45. The third-order valence-electron chi connectivity index (χ3n) is 3.84. The SMILES string of the molecule is CCC1(CC)O[C@H](c2ccccc2)[C@@H](CCOC=O)O1. The van der Waals surface area contributed by atoms with Gasteiger partial charge in [-0.15, -0.1) is 0 Å². The molecule has 0 saturated carbocycles. The molecule has 0 N–H and O–H groups in total. The third kappa shape index (κ3) is 3.19. The number of rotatable bonds is 7. The molecule has 110 valence electrons. The summed E-state index contributed by atoms with van der Waals surface area (Å²) in [5.41, 5.74) is 1.10. The fraction of sp³-hybridized carbons (Fsp3) is 0.562. The van der Waals surface area contributed by atoms with E-state index < -0.39 is 5.79 Å². The first kappa shape index (κ1) is 15.0. The second-order valence-electron chi connectivity index (χ2n) is 4.98. The Morgan fingerprint density at radius 2 is 1.90 bits per heavy atom. The van der Waals surface area contributed by atoms with Crippen LogP contribution in [0.4, 0.5) is 0 Å². The van der Waals surface area contributed by atoms with Crippen LogP contribution >= 0.6 is 0 Å². The summed E-state index contributed by atoms with van der Waals surface area (Å²) >= 11 is 0. The second kappa shape index (κ2) is 6.86. The van der Waals surface area contributed by atoms with Crippen LogP contribution < -0.4 is 0 Å². The maximum atomic E-state index is 10.3. The van der Waals surface area contributed by atoms with Crippen LogP contribution in [-0.2, 0) is 19.0 Å². The van der Waals surface area contributed by atoms with Gasteiger partial charge in [-0.05, 0) is 18.4 Å². The Labute approximate surface area is 120 Å². The number of benzene rings is 1. The lowest BCUT2D eigenvalue weighted by atomic mass is 10.0. The molecule has 1 aromatic rings. The van der Waals surface area contributed by atoms with Crippen LogP contribution in [0.1, 0.15) is 44.8 Å². The van der Waals surface area contributed by atoms with Crippen molar-refractivity contribution in [1.29, 1.82) is 0 Å². The van der Waals surface area contributed by atoms with Gasteiger partial charge in [0.05, 0.1) is 12.7 Å². The maximum absolute atomic E-state index is 10.3. The van der Waals surface area contributed by atoms with Crippen LogP contribution in [-0.4, -0.2) is 25.0 Å². The van der Waals surface area contributed by atoms with Crippen molar-refractivity contribution in [2.24, 2.45) is 0 Å². The van der Waals surface area contributed by atoms with Crippen molar-refractivity contribution in [2.45, 2.75) is 51.1 Å². The summed E-state index contributed by atoms with van der Waals surface area (Å²) in [6.45, 7) is 4.95. The lowest BCUT2D eigenvalue weighted by Crippen LogP contribution is -2.29. The molecule has 0 unspecified atom stereocenters. The molecule has 0 aromatic heterocycles. The van der Waals surface area contributed by atoms with Crippen LogP contribution in [0.3, 0.4) is 0 Å². The van der Waals surface area contributed by atoms with Crippen LogP contribution in [0.15, 0.2) is 30.3 Å². The zero-order chi connectivity index (χ0) is 14.4. The van der Waals surface area contributed by atoms with Crippen molar-refractivity contribution in [3.05, 3.63) is 35.9 Å². The Hall–Kier alpha value is -1.39. The van der Waals surface area contributed by atoms with E-state index in [1.54, 1.807) is 0 Å². The molecule has 0 radical (unpaired) electrons. The van der Waals surface area contributed by atoms with Crippen LogP contribution in [0.2, 0.25) is 0 Å². The summed E-state index contributed by atoms with van der Waals surface area (Å²) in [5, 5.41) is 0. The van der Waals surface area contributed by atoms with Crippen LogP contribution in [0.5, 0.6) is 0 Å². The van der Waals surface area contributed by atoms with E-state index in [9.17, 15) is 4.79 Å². The molecule has 2 rings (SSSR count). The molecule has 1 aliphatic rings. The van der Waals surface area contributed by atoms with E-state index in [4.69, 9.17) is 14.2 Å². The summed E-state index contributed by atoms with van der Waals surface area (Å²) < 4.78 is 17.2. The van der Waals surface area contributed by atoms with Gasteiger partial charge < -0.3 is 14.2 Å². The van der Waals surface area contributed by atoms with E-state index in [0.29, 0.717) is 19.5 Å². The van der Waals surface area contributed by atoms with Gasteiger partial charge in [0.25, 0.3) is 6.47 Å². The van der Waals surface area contributed by atoms with Gasteiger partial charge in [0.1, 0.15) is 6.10 Å². The molecule has 0 aliphatic carbocycles. The zero-order valence-electron chi connectivity index (χ0n) is 12.1. The number of carbonyl (C=O) groups is 1. The predicted molar refractivity (Wildman–Crippen MR) is 75.1 cm³/mol. The average Bonchev–Trinajstić information content (AvgIpc) is 2.88. The first-order chi connectivity index (χ1) is 9.74. The van der Waals surface area contributed by atoms with Gasteiger partial charge in [-0.1, -0.05) is 44.2 Å². The normalized spacial score (nSPS) is 24.5. The van der Waals surface area contributed by atoms with Crippen molar-refractivity contribution < 1.29 is 19.0 Å². The molecule has 2 atom stereocenters. The van der Waals surface area contributed by atoms with E-state index in [-0.39, 0.29) is 12.2 Å². The first-order valence-electron chi connectivity index (χ1n) is 7.20. The second-order valence-corrected chi connectivity index (χ2v) is 4.98. The third-order valence-corrected chi connectivity index (χ3v) is 3.84. The number of carbonyl (C=O) groups excluding carboxylic acids is 1. The molecule has 1 fully saturated rings. The van der Waals surface area contributed by atoms with E-state index in [0.717, 1.165) is 18.4 Å². The minimum Gasteiger partial charge on any atom is -0.468 e. The predicted octanol–water partition coefficient (Wildman–Crippen LogP) is 3.22. The van der Waals surface area contributed by atoms with Gasteiger partial charge in [-0.2, -0.15) is 0 Å². The lowest BCUT2D eigenvalue weighted by Gasteiger charge is -2.25. The van der Waals surface area contributed by atoms with E-state index in [1.807, 2.05) is 30.3 Å². The molecular weight excluding hydrogens is 256 g/mol. The number of ether oxygens (including phenoxy) is 3. The van der Waals surface area contributed by atoms with E-state index >= 15 is 0 Å². The Morgan fingerprint density at radius 3 is 2.50 bits per heavy atom. The topological polar surface area (TPSA) is 44.8 Å². The van der Waals surface area contributed by atoms with Gasteiger partial charge in [0.15, 0.2) is 5.79 Å². The fourth-order valence-corrected chi connectivity index (χ4v) is 2.62. The van der Waals surface area contributed by atoms with Crippen molar-refractivity contribution in [3.63, 3.8) is 0 Å². The van der Waals surface area contributed by atoms with Gasteiger partial charge in [-0.25, -0.2) is 0 Å². The fourth-order valence-electron chi connectivity index (χ4n) is 2.62. The summed E-state index contributed by atoms with van der Waals surface area (Å²) in [6, 6.07) is 10.1. The average molecular weight is 278 g/mol. The Morgan fingerprint density at radius 1 is 1.20 bits per heavy atom. The Kier molecular flexibility index (Phi) is 5.15. The summed E-state index contributed by atoms with van der Waals surface area (Å²) in [5.74, 6) is -0.521. The molecule has 4 nitrogen and oxygen atoms in total. The largest absolute Gasteiger partial charge is 0.468 e. The molecule has 20 heavy (non-hydrogen) atoms. The zero-order valence-corrected chi connectivity index (χ0v) is 12.1. The lowest BCUT2D eigenvalue weighted by molar-refractivity contribution is -0.180. The van der Waals surface area contributed by atoms with Gasteiger partial charge in [-0.3, -0.25) is 4.79 Å². The van der Waals surface area contributed by atoms with Crippen molar-refractivity contribution in [3.8, 4) is 0 Å². The van der Waals surface area contributed by atoms with Crippen molar-refractivity contribution in [1.82, 2.24) is 0 Å². The van der Waals surface area contributed by atoms with Gasteiger partial charge in [0.2, 0.25) is 0 Å². The maximum Gasteiger partial charge on any atom is 0.293 e. The summed E-state index contributed by atoms with van der Waals surface area (Å²) in [4.78, 5) is 10.3. The molecule has 1 heterocycles. The van der Waals surface area contributed by atoms with E-state index in [2.05, 4.69) is 13.8 Å². The molecule has 1 aliphatic heterocycles. The summed E-state index contributed by atoms with van der Waals surface area (Å²) in [6.07, 6.45) is 2.05. The minimum atomic E-state index is -0.521. The van der Waals surface area contributed by atoms with E-state index in [1.165, 1.54) is 0 Å². The molecule has 1 aromatic carbocycles. The molecule has 0 bridgehead atoms. The molecule has 1 saturated heterocycles. The highest BCUT2D eigenvalue weighted by atomic mass is 16.8. The molecular formula is C16H22O4. The van der Waals surface area contributed by atoms with Crippen LogP contribution in [0.25, 0.3) is 0 Å². The smallest absolute Gasteiger partial charge is 0.293 e. The first-order valence-corrected chi connectivity index (χ1v) is 7.20. The van der Waals surface area contributed by atoms with Gasteiger partial charge >= 0.3 is 0 Å². The quantitative estimate of drug-likeness (QED) is 0.567. The Balaban J connectivity index is 2.15. The number of hydrogen-bond donors (Lipinski definition) is 0. The molecule has 0 amide bonds. The number of hydrogen-bond acceptors (Lipinski definition) is 4. The van der Waals surface area contributed by atoms with Crippen molar-refractivity contribution in [2.75, 3.05) is 6.61 Å². The van der Waals surface area contributed by atoms with Crippen LogP contribution in [0, 0.1) is 0 Å². The highest BCUT2D eigenvalue weighted by molar-refractivity contribution is 5.36. The minimum absolute atomic E-state index is 0.0859.